The van der Waals surface area contributed by atoms with Gasteiger partial charge in [-0.2, -0.15) is 0 Å². The lowest BCUT2D eigenvalue weighted by Gasteiger charge is -2.07. The molecule has 1 aliphatic rings. The summed E-state index contributed by atoms with van der Waals surface area (Å²) in [6.07, 6.45) is 0.687. The molecule has 1 aliphatic heterocycles. The zero-order chi connectivity index (χ0) is 15.3. The van der Waals surface area contributed by atoms with E-state index in [9.17, 15) is 4.39 Å². The highest BCUT2D eigenvalue weighted by molar-refractivity contribution is 9.10. The van der Waals surface area contributed by atoms with Gasteiger partial charge in [0.15, 0.2) is 11.5 Å². The minimum absolute atomic E-state index is 0.225. The van der Waals surface area contributed by atoms with E-state index in [4.69, 9.17) is 9.47 Å². The number of aromatic nitrogens is 1. The van der Waals surface area contributed by atoms with Crippen LogP contribution in [0.15, 0.2) is 34.8 Å². The Bertz CT molecular complexity index is 888. The molecule has 5 heteroatoms. The zero-order valence-electron chi connectivity index (χ0n) is 11.9. The first-order chi connectivity index (χ1) is 10.6. The van der Waals surface area contributed by atoms with E-state index in [1.165, 1.54) is 6.07 Å². The summed E-state index contributed by atoms with van der Waals surface area (Å²) < 4.78 is 25.3. The molecule has 1 aromatic heterocycles. The Hall–Kier alpha value is -2.01. The van der Waals surface area contributed by atoms with Gasteiger partial charge in [0.1, 0.15) is 5.82 Å². The number of halogens is 2. The van der Waals surface area contributed by atoms with Gasteiger partial charge in [-0.05, 0) is 48.4 Å². The molecule has 0 aliphatic carbocycles. The van der Waals surface area contributed by atoms with E-state index >= 15 is 0 Å². The van der Waals surface area contributed by atoms with Crippen molar-refractivity contribution in [1.82, 2.24) is 4.98 Å². The number of hydrogen-bond donors (Lipinski definition) is 1. The number of benzene rings is 2. The van der Waals surface area contributed by atoms with Crippen molar-refractivity contribution in [2.75, 3.05) is 6.79 Å². The molecule has 22 heavy (non-hydrogen) atoms. The summed E-state index contributed by atoms with van der Waals surface area (Å²) in [6, 6.07) is 8.72. The first-order valence-corrected chi connectivity index (χ1v) is 7.76. The van der Waals surface area contributed by atoms with Gasteiger partial charge in [0.25, 0.3) is 0 Å². The molecule has 3 nitrogen and oxygen atoms in total. The molecule has 0 spiro atoms. The molecule has 2 heterocycles. The zero-order valence-corrected chi connectivity index (χ0v) is 13.5. The fourth-order valence-corrected chi connectivity index (χ4v) is 3.33. The van der Waals surface area contributed by atoms with Crippen LogP contribution < -0.4 is 9.47 Å². The summed E-state index contributed by atoms with van der Waals surface area (Å²) in [7, 11) is 0. The second-order valence-corrected chi connectivity index (χ2v) is 6.25. The Kier molecular flexibility index (Phi) is 3.11. The fraction of sp³-hybridized carbons (Fsp3) is 0.176. The van der Waals surface area contributed by atoms with Crippen LogP contribution in [0, 0.1) is 12.7 Å². The second kappa shape index (κ2) is 5.02. The quantitative estimate of drug-likeness (QED) is 0.717. The van der Waals surface area contributed by atoms with Crippen molar-refractivity contribution >= 4 is 26.8 Å². The maximum Gasteiger partial charge on any atom is 0.231 e. The molecule has 0 fully saturated rings. The number of nitrogens with one attached hydrogen (secondary N) is 1. The smallest absolute Gasteiger partial charge is 0.231 e. The van der Waals surface area contributed by atoms with Crippen LogP contribution in [0.5, 0.6) is 11.5 Å². The van der Waals surface area contributed by atoms with Crippen molar-refractivity contribution in [3.05, 3.63) is 57.4 Å². The lowest BCUT2D eigenvalue weighted by Crippen LogP contribution is -1.93. The molecule has 4 rings (SSSR count). The van der Waals surface area contributed by atoms with Crippen molar-refractivity contribution in [2.24, 2.45) is 0 Å². The Balaban J connectivity index is 1.81. The van der Waals surface area contributed by atoms with Crippen LogP contribution in [-0.2, 0) is 6.42 Å². The third-order valence-electron chi connectivity index (χ3n) is 3.99. The van der Waals surface area contributed by atoms with E-state index in [2.05, 4.69) is 20.9 Å². The predicted octanol–water partition coefficient (Wildman–Crippen LogP) is 4.70. The van der Waals surface area contributed by atoms with Gasteiger partial charge < -0.3 is 14.5 Å². The standard InChI is InChI=1S/C17H13BrFNO2/c1-9-12(13-6-11(19)2-3-15(13)20-9)4-10-5-16-17(7-14(10)18)22-8-21-16/h2-3,5-7,20H,4,8H2,1H3. The van der Waals surface area contributed by atoms with Crippen molar-refractivity contribution in [1.29, 1.82) is 0 Å². The van der Waals surface area contributed by atoms with E-state index in [0.717, 1.165) is 43.7 Å². The average molecular weight is 362 g/mol. The Morgan fingerprint density at radius 2 is 1.95 bits per heavy atom. The maximum absolute atomic E-state index is 13.6. The third kappa shape index (κ3) is 2.16. The van der Waals surface area contributed by atoms with Crippen LogP contribution in [0.25, 0.3) is 10.9 Å². The van der Waals surface area contributed by atoms with Gasteiger partial charge in [-0.25, -0.2) is 4.39 Å². The molecule has 112 valence electrons. The highest BCUT2D eigenvalue weighted by Gasteiger charge is 2.18. The number of aryl methyl sites for hydroxylation is 1. The van der Waals surface area contributed by atoms with Gasteiger partial charge in [0.05, 0.1) is 0 Å². The second-order valence-electron chi connectivity index (χ2n) is 5.39. The van der Waals surface area contributed by atoms with Gasteiger partial charge in [-0.1, -0.05) is 15.9 Å². The number of rotatable bonds is 2. The highest BCUT2D eigenvalue weighted by atomic mass is 79.9. The van der Waals surface area contributed by atoms with Gasteiger partial charge in [-0.3, -0.25) is 0 Å². The normalized spacial score (nSPS) is 13.0. The van der Waals surface area contributed by atoms with Crippen LogP contribution in [0.4, 0.5) is 4.39 Å². The van der Waals surface area contributed by atoms with E-state index < -0.39 is 0 Å². The molecular weight excluding hydrogens is 349 g/mol. The van der Waals surface area contributed by atoms with E-state index in [1.807, 2.05) is 19.1 Å². The third-order valence-corrected chi connectivity index (χ3v) is 4.73. The predicted molar refractivity (Wildman–Crippen MR) is 86.1 cm³/mol. The van der Waals surface area contributed by atoms with Crippen molar-refractivity contribution in [2.45, 2.75) is 13.3 Å². The molecule has 0 bridgehead atoms. The largest absolute Gasteiger partial charge is 0.454 e. The highest BCUT2D eigenvalue weighted by Crippen LogP contribution is 2.38. The number of fused-ring (bicyclic) bond motifs is 2. The van der Waals surface area contributed by atoms with Crippen LogP contribution in [-0.4, -0.2) is 11.8 Å². The number of H-pyrrole nitrogens is 1. The van der Waals surface area contributed by atoms with Gasteiger partial charge in [-0.15, -0.1) is 0 Å². The van der Waals surface area contributed by atoms with Crippen LogP contribution in [0.3, 0.4) is 0 Å². The molecular formula is C17H13BrFNO2. The number of hydrogen-bond acceptors (Lipinski definition) is 2. The molecule has 2 aromatic carbocycles. The Morgan fingerprint density at radius 3 is 2.77 bits per heavy atom. The van der Waals surface area contributed by atoms with E-state index in [1.54, 1.807) is 12.1 Å². The minimum atomic E-state index is -0.225. The lowest BCUT2D eigenvalue weighted by atomic mass is 10.0. The summed E-state index contributed by atoms with van der Waals surface area (Å²) >= 11 is 3.58. The summed E-state index contributed by atoms with van der Waals surface area (Å²) in [5.74, 6) is 1.27. The van der Waals surface area contributed by atoms with Crippen molar-refractivity contribution < 1.29 is 13.9 Å². The van der Waals surface area contributed by atoms with Gasteiger partial charge in [0.2, 0.25) is 6.79 Å². The Morgan fingerprint density at radius 1 is 1.18 bits per heavy atom. The maximum atomic E-state index is 13.6. The first-order valence-electron chi connectivity index (χ1n) is 6.96. The van der Waals surface area contributed by atoms with Crippen LogP contribution in [0.2, 0.25) is 0 Å². The summed E-state index contributed by atoms with van der Waals surface area (Å²) in [5.41, 5.74) is 4.17. The summed E-state index contributed by atoms with van der Waals surface area (Å²) in [6.45, 7) is 2.26. The molecule has 0 atom stereocenters. The molecule has 0 amide bonds. The van der Waals surface area contributed by atoms with E-state index in [0.29, 0.717) is 6.42 Å². The molecule has 0 unspecified atom stereocenters. The van der Waals surface area contributed by atoms with E-state index in [-0.39, 0.29) is 12.6 Å². The van der Waals surface area contributed by atoms with Gasteiger partial charge in [0, 0.05) is 27.5 Å². The topological polar surface area (TPSA) is 34.2 Å². The number of aromatic amines is 1. The number of ether oxygens (including phenoxy) is 2. The van der Waals surface area contributed by atoms with Crippen LogP contribution in [0.1, 0.15) is 16.8 Å². The lowest BCUT2D eigenvalue weighted by molar-refractivity contribution is 0.174. The van der Waals surface area contributed by atoms with Gasteiger partial charge >= 0.3 is 0 Å². The fourth-order valence-electron chi connectivity index (χ4n) is 2.87. The van der Waals surface area contributed by atoms with Crippen molar-refractivity contribution in [3.63, 3.8) is 0 Å². The molecule has 0 saturated heterocycles. The minimum Gasteiger partial charge on any atom is -0.454 e. The first kappa shape index (κ1) is 13.6. The monoisotopic (exact) mass is 361 g/mol. The molecule has 1 N–H and O–H groups in total. The average Bonchev–Trinajstić information content (AvgIpc) is 3.04. The molecule has 0 saturated carbocycles. The Labute approximate surface area is 135 Å². The SMILES string of the molecule is Cc1[nH]c2ccc(F)cc2c1Cc1cc2c(cc1Br)OCO2. The molecule has 3 aromatic rings. The van der Waals surface area contributed by atoms with Crippen molar-refractivity contribution in [3.8, 4) is 11.5 Å². The summed E-state index contributed by atoms with van der Waals surface area (Å²) in [5, 5.41) is 0.919. The van der Waals surface area contributed by atoms with Crippen LogP contribution >= 0.6 is 15.9 Å². The summed E-state index contributed by atoms with van der Waals surface area (Å²) in [4.78, 5) is 3.31. The molecule has 0 radical (unpaired) electrons.